The molecule has 18 heavy (non-hydrogen) atoms. The van der Waals surface area contributed by atoms with E-state index in [0.717, 1.165) is 12.5 Å². The largest absolute Gasteiger partial charge is 0.377 e. The molecule has 1 rings (SSSR count). The van der Waals surface area contributed by atoms with Gasteiger partial charge in [0, 0.05) is 0 Å². The molecule has 0 radical (unpaired) electrons. The number of hydrogen-bond donors (Lipinski definition) is 0. The van der Waals surface area contributed by atoms with E-state index in [0.29, 0.717) is 18.4 Å². The van der Waals surface area contributed by atoms with E-state index in [1.165, 1.54) is 12.1 Å². The van der Waals surface area contributed by atoms with Gasteiger partial charge < -0.3 is 0 Å². The first-order chi connectivity index (χ1) is 8.36. The minimum Gasteiger partial charge on any atom is -0.243 e. The third-order valence-electron chi connectivity index (χ3n) is 2.61. The van der Waals surface area contributed by atoms with E-state index in [-0.39, 0.29) is 0 Å². The standard InChI is InChI=1S/C12H15F3O2S/c1-2-3-6-10-7-4-5-8-11(10)18(16,17)12(14,15)9-13/h4-5,7-8H,2-3,6,9H2,1H3. The van der Waals surface area contributed by atoms with Crippen molar-refractivity contribution in [3.63, 3.8) is 0 Å². The Hall–Kier alpha value is -1.04. The fourth-order valence-corrected chi connectivity index (χ4v) is 2.81. The Morgan fingerprint density at radius 1 is 1.22 bits per heavy atom. The molecule has 102 valence electrons. The molecule has 0 N–H and O–H groups in total. The lowest BCUT2D eigenvalue weighted by molar-refractivity contribution is 0.0619. The molecular formula is C12H15F3O2S. The van der Waals surface area contributed by atoms with Crippen LogP contribution in [0.3, 0.4) is 0 Å². The van der Waals surface area contributed by atoms with Crippen LogP contribution < -0.4 is 0 Å². The van der Waals surface area contributed by atoms with Crippen LogP contribution in [0.4, 0.5) is 13.2 Å². The molecule has 0 aromatic heterocycles. The number of sulfone groups is 1. The highest BCUT2D eigenvalue weighted by atomic mass is 32.2. The number of rotatable bonds is 6. The second-order valence-electron chi connectivity index (χ2n) is 3.99. The minimum atomic E-state index is -4.96. The summed E-state index contributed by atoms with van der Waals surface area (Å²) >= 11 is 0. The SMILES string of the molecule is CCCCc1ccccc1S(=O)(=O)C(F)(F)CF. The van der Waals surface area contributed by atoms with Crippen molar-refractivity contribution in [1.82, 2.24) is 0 Å². The van der Waals surface area contributed by atoms with Gasteiger partial charge in [-0.3, -0.25) is 0 Å². The summed E-state index contributed by atoms with van der Waals surface area (Å²) in [5, 5.41) is -4.37. The van der Waals surface area contributed by atoms with Gasteiger partial charge in [-0.25, -0.2) is 12.8 Å². The summed E-state index contributed by atoms with van der Waals surface area (Å²) in [6, 6.07) is 5.52. The molecule has 0 fully saturated rings. The molecule has 6 heteroatoms. The Labute approximate surface area is 105 Å². The molecule has 2 nitrogen and oxygen atoms in total. The van der Waals surface area contributed by atoms with Crippen LogP contribution >= 0.6 is 0 Å². The average Bonchev–Trinajstić information content (AvgIpc) is 2.36. The number of halogens is 3. The van der Waals surface area contributed by atoms with Crippen LogP contribution in [0, 0.1) is 0 Å². The molecular weight excluding hydrogens is 265 g/mol. The highest BCUT2D eigenvalue weighted by Gasteiger charge is 2.47. The molecule has 0 aliphatic carbocycles. The molecule has 0 bridgehead atoms. The van der Waals surface area contributed by atoms with Crippen molar-refractivity contribution in [2.24, 2.45) is 0 Å². The fourth-order valence-electron chi connectivity index (χ4n) is 1.57. The van der Waals surface area contributed by atoms with Gasteiger partial charge in [-0.05, 0) is 24.5 Å². The molecule has 0 amide bonds. The van der Waals surface area contributed by atoms with Crippen molar-refractivity contribution >= 4 is 9.84 Å². The number of aryl methyl sites for hydroxylation is 1. The van der Waals surface area contributed by atoms with Gasteiger partial charge in [0.05, 0.1) is 4.90 Å². The van der Waals surface area contributed by atoms with Crippen molar-refractivity contribution in [3.8, 4) is 0 Å². The summed E-state index contributed by atoms with van der Waals surface area (Å²) in [7, 11) is -4.96. The second kappa shape index (κ2) is 5.73. The Bertz CT molecular complexity index is 498. The molecule has 0 heterocycles. The van der Waals surface area contributed by atoms with E-state index < -0.39 is 26.7 Å². The van der Waals surface area contributed by atoms with E-state index in [2.05, 4.69) is 0 Å². The second-order valence-corrected chi connectivity index (χ2v) is 6.03. The summed E-state index contributed by atoms with van der Waals surface area (Å²) in [4.78, 5) is -0.471. The number of hydrogen-bond acceptors (Lipinski definition) is 2. The lowest BCUT2D eigenvalue weighted by Crippen LogP contribution is -2.31. The summed E-state index contributed by atoms with van der Waals surface area (Å²) < 4.78 is 61.9. The molecule has 1 aromatic rings. The lowest BCUT2D eigenvalue weighted by Gasteiger charge is -2.16. The van der Waals surface area contributed by atoms with E-state index in [1.54, 1.807) is 6.07 Å². The number of benzene rings is 1. The molecule has 0 saturated heterocycles. The Morgan fingerprint density at radius 3 is 2.39 bits per heavy atom. The van der Waals surface area contributed by atoms with Crippen LogP contribution in [0.15, 0.2) is 29.2 Å². The maximum Gasteiger partial charge on any atom is 0.377 e. The van der Waals surface area contributed by atoms with Crippen LogP contribution in [0.5, 0.6) is 0 Å². The smallest absolute Gasteiger partial charge is 0.243 e. The minimum absolute atomic E-state index is 0.312. The van der Waals surface area contributed by atoms with Gasteiger partial charge in [0.2, 0.25) is 9.84 Å². The lowest BCUT2D eigenvalue weighted by atomic mass is 10.1. The maximum atomic E-state index is 13.2. The van der Waals surface area contributed by atoms with Crippen LogP contribution in [0.2, 0.25) is 0 Å². The predicted molar refractivity (Wildman–Crippen MR) is 63.2 cm³/mol. The third-order valence-corrected chi connectivity index (χ3v) is 4.48. The zero-order chi connectivity index (χ0) is 13.8. The summed E-state index contributed by atoms with van der Waals surface area (Å²) in [5.74, 6) is 0. The zero-order valence-electron chi connectivity index (χ0n) is 10.00. The zero-order valence-corrected chi connectivity index (χ0v) is 10.8. The Morgan fingerprint density at radius 2 is 1.83 bits per heavy atom. The number of unbranched alkanes of at least 4 members (excludes halogenated alkanes) is 1. The fraction of sp³-hybridized carbons (Fsp3) is 0.500. The van der Waals surface area contributed by atoms with Gasteiger partial charge in [-0.1, -0.05) is 31.5 Å². The van der Waals surface area contributed by atoms with Crippen molar-refractivity contribution in [3.05, 3.63) is 29.8 Å². The van der Waals surface area contributed by atoms with Gasteiger partial charge in [0.1, 0.15) is 0 Å². The van der Waals surface area contributed by atoms with Crippen LogP contribution in [0.25, 0.3) is 0 Å². The van der Waals surface area contributed by atoms with Gasteiger partial charge in [-0.2, -0.15) is 8.78 Å². The monoisotopic (exact) mass is 280 g/mol. The Kier molecular flexibility index (Phi) is 4.78. The van der Waals surface area contributed by atoms with Gasteiger partial charge in [-0.15, -0.1) is 0 Å². The summed E-state index contributed by atoms with van der Waals surface area (Å²) in [5.41, 5.74) is 0.312. The van der Waals surface area contributed by atoms with Crippen molar-refractivity contribution in [1.29, 1.82) is 0 Å². The summed E-state index contributed by atoms with van der Waals surface area (Å²) in [6.07, 6.45) is 1.88. The molecule has 0 atom stereocenters. The normalized spacial score (nSPS) is 12.7. The van der Waals surface area contributed by atoms with Crippen molar-refractivity contribution in [2.75, 3.05) is 6.67 Å². The molecule has 1 aromatic carbocycles. The molecule has 0 aliphatic heterocycles. The van der Waals surface area contributed by atoms with Gasteiger partial charge >= 0.3 is 5.25 Å². The molecule has 0 spiro atoms. The van der Waals surface area contributed by atoms with Gasteiger partial charge in [0.25, 0.3) is 0 Å². The molecule has 0 saturated carbocycles. The first kappa shape index (κ1) is 15.0. The van der Waals surface area contributed by atoms with E-state index in [4.69, 9.17) is 0 Å². The average molecular weight is 280 g/mol. The van der Waals surface area contributed by atoms with Crippen molar-refractivity contribution in [2.45, 2.75) is 36.3 Å². The number of alkyl halides is 3. The maximum absolute atomic E-state index is 13.2. The highest BCUT2D eigenvalue weighted by molar-refractivity contribution is 7.92. The topological polar surface area (TPSA) is 34.1 Å². The van der Waals surface area contributed by atoms with Gasteiger partial charge in [0.15, 0.2) is 6.67 Å². The predicted octanol–water partition coefficient (Wildman–Crippen LogP) is 3.37. The Balaban J connectivity index is 3.24. The van der Waals surface area contributed by atoms with E-state index in [9.17, 15) is 21.6 Å². The van der Waals surface area contributed by atoms with Crippen LogP contribution in [-0.4, -0.2) is 20.3 Å². The molecule has 0 aliphatic rings. The van der Waals surface area contributed by atoms with E-state index >= 15 is 0 Å². The highest BCUT2D eigenvalue weighted by Crippen LogP contribution is 2.31. The third kappa shape index (κ3) is 2.85. The quantitative estimate of drug-likeness (QED) is 0.800. The van der Waals surface area contributed by atoms with Crippen LogP contribution in [-0.2, 0) is 16.3 Å². The first-order valence-corrected chi connectivity index (χ1v) is 7.11. The van der Waals surface area contributed by atoms with E-state index in [1.807, 2.05) is 6.92 Å². The summed E-state index contributed by atoms with van der Waals surface area (Å²) in [6.45, 7) is -0.301. The van der Waals surface area contributed by atoms with Crippen molar-refractivity contribution < 1.29 is 21.6 Å². The first-order valence-electron chi connectivity index (χ1n) is 5.63. The van der Waals surface area contributed by atoms with Crippen LogP contribution in [0.1, 0.15) is 25.3 Å². The molecule has 0 unspecified atom stereocenters.